The van der Waals surface area contributed by atoms with Crippen molar-refractivity contribution in [2.75, 3.05) is 17.8 Å². The van der Waals surface area contributed by atoms with Crippen LogP contribution in [0.5, 0.6) is 0 Å². The summed E-state index contributed by atoms with van der Waals surface area (Å²) < 4.78 is 55.0. The molecule has 1 heterocycles. The number of hydrogen-bond acceptors (Lipinski definition) is 4. The molecule has 10 heteroatoms. The van der Waals surface area contributed by atoms with Crippen LogP contribution < -0.4 is 4.72 Å². The van der Waals surface area contributed by atoms with Crippen LogP contribution in [0.15, 0.2) is 52.3 Å². The third-order valence-corrected chi connectivity index (χ3v) is 8.71. The van der Waals surface area contributed by atoms with Crippen LogP contribution in [0.1, 0.15) is 20.3 Å². The first-order valence-corrected chi connectivity index (χ1v) is 12.7. The van der Waals surface area contributed by atoms with Gasteiger partial charge in [0, 0.05) is 23.8 Å². The molecule has 2 aromatic carbocycles. The Kier molecular flexibility index (Phi) is 6.50. The van der Waals surface area contributed by atoms with Crippen LogP contribution in [-0.4, -0.2) is 34.2 Å². The van der Waals surface area contributed by atoms with Crippen LogP contribution in [0.2, 0.25) is 10.0 Å². The molecule has 0 spiro atoms. The van der Waals surface area contributed by atoms with Gasteiger partial charge < -0.3 is 0 Å². The monoisotopic (exact) mass is 476 g/mol. The van der Waals surface area contributed by atoms with Crippen LogP contribution in [0, 0.1) is 11.8 Å². The van der Waals surface area contributed by atoms with E-state index in [1.54, 1.807) is 0 Å². The SMILES string of the molecule is C[C@H]1C[C@H](C)CN(S(=O)(=O)c2ccc(NS(=O)(=O)c3cc(Cl)ccc3Cl)cc2)C1. The lowest BCUT2D eigenvalue weighted by atomic mass is 9.94. The summed E-state index contributed by atoms with van der Waals surface area (Å²) in [6.07, 6.45) is 0.999. The number of rotatable bonds is 5. The van der Waals surface area contributed by atoms with Gasteiger partial charge in [0.15, 0.2) is 0 Å². The van der Waals surface area contributed by atoms with E-state index in [1.165, 1.54) is 46.8 Å². The van der Waals surface area contributed by atoms with Crippen molar-refractivity contribution in [3.05, 3.63) is 52.5 Å². The molecule has 29 heavy (non-hydrogen) atoms. The maximum absolute atomic E-state index is 12.9. The fourth-order valence-corrected chi connectivity index (χ4v) is 7.04. The number of sulfonamides is 2. The topological polar surface area (TPSA) is 83.6 Å². The Morgan fingerprint density at radius 1 is 0.931 bits per heavy atom. The normalized spacial score (nSPS) is 21.1. The lowest BCUT2D eigenvalue weighted by Crippen LogP contribution is -2.42. The van der Waals surface area contributed by atoms with Gasteiger partial charge in [-0.3, -0.25) is 4.72 Å². The summed E-state index contributed by atoms with van der Waals surface area (Å²) in [5, 5.41) is 0.274. The molecular weight excluding hydrogens is 455 g/mol. The molecule has 1 aliphatic rings. The minimum absolute atomic E-state index is 0.0365. The van der Waals surface area contributed by atoms with E-state index in [1.807, 2.05) is 13.8 Å². The van der Waals surface area contributed by atoms with Gasteiger partial charge in [-0.2, -0.15) is 4.31 Å². The van der Waals surface area contributed by atoms with Crippen LogP contribution in [0.25, 0.3) is 0 Å². The Labute approximate surface area is 181 Å². The summed E-state index contributed by atoms with van der Waals surface area (Å²) in [5.41, 5.74) is 0.223. The quantitative estimate of drug-likeness (QED) is 0.689. The highest BCUT2D eigenvalue weighted by Crippen LogP contribution is 2.29. The van der Waals surface area contributed by atoms with E-state index in [0.29, 0.717) is 24.9 Å². The number of piperidine rings is 1. The summed E-state index contributed by atoms with van der Waals surface area (Å²) in [6, 6.07) is 9.77. The molecule has 3 rings (SSSR count). The summed E-state index contributed by atoms with van der Waals surface area (Å²) in [7, 11) is -7.61. The Morgan fingerprint density at radius 2 is 1.52 bits per heavy atom. The molecule has 1 fully saturated rings. The van der Waals surface area contributed by atoms with Gasteiger partial charge in [0.2, 0.25) is 10.0 Å². The molecule has 1 saturated heterocycles. The fraction of sp³-hybridized carbons (Fsp3) is 0.368. The maximum atomic E-state index is 12.9. The molecule has 0 radical (unpaired) electrons. The third-order valence-electron chi connectivity index (χ3n) is 4.76. The Hall–Kier alpha value is -1.32. The van der Waals surface area contributed by atoms with Crippen molar-refractivity contribution < 1.29 is 16.8 Å². The van der Waals surface area contributed by atoms with Crippen molar-refractivity contribution in [3.8, 4) is 0 Å². The Bertz CT molecular complexity index is 1090. The number of halogens is 2. The Balaban J connectivity index is 1.82. The van der Waals surface area contributed by atoms with Crippen molar-refractivity contribution >= 4 is 48.9 Å². The first-order chi connectivity index (χ1) is 13.5. The van der Waals surface area contributed by atoms with E-state index >= 15 is 0 Å². The highest BCUT2D eigenvalue weighted by molar-refractivity contribution is 7.92. The Morgan fingerprint density at radius 3 is 2.10 bits per heavy atom. The zero-order valence-electron chi connectivity index (χ0n) is 16.0. The summed E-state index contributed by atoms with van der Waals surface area (Å²) in [4.78, 5) is -0.0257. The van der Waals surface area contributed by atoms with Gasteiger partial charge in [-0.1, -0.05) is 37.0 Å². The average molecular weight is 477 g/mol. The predicted octanol–water partition coefficient (Wildman–Crippen LogP) is 4.46. The summed E-state index contributed by atoms with van der Waals surface area (Å²) >= 11 is 11.8. The smallest absolute Gasteiger partial charge is 0.263 e. The summed E-state index contributed by atoms with van der Waals surface area (Å²) in [5.74, 6) is 0.587. The van der Waals surface area contributed by atoms with Crippen molar-refractivity contribution in [2.24, 2.45) is 11.8 Å². The molecule has 0 amide bonds. The average Bonchev–Trinajstić information content (AvgIpc) is 2.63. The molecule has 0 bridgehead atoms. The van der Waals surface area contributed by atoms with Crippen LogP contribution in [-0.2, 0) is 20.0 Å². The van der Waals surface area contributed by atoms with Crippen LogP contribution in [0.3, 0.4) is 0 Å². The molecular formula is C19H22Cl2N2O4S2. The van der Waals surface area contributed by atoms with Crippen molar-refractivity contribution in [2.45, 2.75) is 30.1 Å². The minimum atomic E-state index is -3.98. The lowest BCUT2D eigenvalue weighted by molar-refractivity contribution is 0.222. The van der Waals surface area contributed by atoms with E-state index < -0.39 is 20.0 Å². The van der Waals surface area contributed by atoms with Gasteiger partial charge in [0.1, 0.15) is 4.90 Å². The number of anilines is 1. The van der Waals surface area contributed by atoms with E-state index in [4.69, 9.17) is 23.2 Å². The highest BCUT2D eigenvalue weighted by Gasteiger charge is 2.31. The molecule has 0 saturated carbocycles. The van der Waals surface area contributed by atoms with Crippen LogP contribution in [0.4, 0.5) is 5.69 Å². The van der Waals surface area contributed by atoms with Crippen LogP contribution >= 0.6 is 23.2 Å². The van der Waals surface area contributed by atoms with E-state index in [0.717, 1.165) is 6.42 Å². The molecule has 2 aromatic rings. The lowest BCUT2D eigenvalue weighted by Gasteiger charge is -2.34. The predicted molar refractivity (Wildman–Crippen MR) is 115 cm³/mol. The van der Waals surface area contributed by atoms with Crippen molar-refractivity contribution in [1.29, 1.82) is 0 Å². The van der Waals surface area contributed by atoms with E-state index in [2.05, 4.69) is 4.72 Å². The largest absolute Gasteiger partial charge is 0.280 e. The highest BCUT2D eigenvalue weighted by atomic mass is 35.5. The second kappa shape index (κ2) is 8.43. The zero-order valence-corrected chi connectivity index (χ0v) is 19.1. The number of hydrogen-bond donors (Lipinski definition) is 1. The third kappa shape index (κ3) is 5.06. The van der Waals surface area contributed by atoms with Gasteiger partial charge in [0.25, 0.3) is 10.0 Å². The van der Waals surface area contributed by atoms with E-state index in [-0.39, 0.29) is 25.5 Å². The summed E-state index contributed by atoms with van der Waals surface area (Å²) in [6.45, 7) is 5.04. The molecule has 1 N–H and O–H groups in total. The minimum Gasteiger partial charge on any atom is -0.280 e. The number of nitrogens with zero attached hydrogens (tertiary/aromatic N) is 1. The van der Waals surface area contributed by atoms with Crippen molar-refractivity contribution in [3.63, 3.8) is 0 Å². The second-order valence-corrected chi connectivity index (χ2v) is 11.9. The molecule has 1 aliphatic heterocycles. The van der Waals surface area contributed by atoms with Gasteiger partial charge in [-0.05, 0) is 60.7 Å². The molecule has 0 unspecified atom stereocenters. The van der Waals surface area contributed by atoms with Gasteiger partial charge in [0.05, 0.1) is 9.92 Å². The van der Waals surface area contributed by atoms with Crippen molar-refractivity contribution in [1.82, 2.24) is 4.31 Å². The second-order valence-electron chi connectivity index (χ2n) is 7.47. The molecule has 0 aromatic heterocycles. The molecule has 158 valence electrons. The van der Waals surface area contributed by atoms with Gasteiger partial charge >= 0.3 is 0 Å². The first kappa shape index (κ1) is 22.4. The van der Waals surface area contributed by atoms with E-state index in [9.17, 15) is 16.8 Å². The fourth-order valence-electron chi connectivity index (χ4n) is 3.54. The number of nitrogens with one attached hydrogen (secondary N) is 1. The maximum Gasteiger partial charge on any atom is 0.263 e. The molecule has 0 aliphatic carbocycles. The molecule has 6 nitrogen and oxygen atoms in total. The first-order valence-electron chi connectivity index (χ1n) is 9.07. The number of benzene rings is 2. The standard InChI is InChI=1S/C19H22Cl2N2O4S2/c1-13-9-14(2)12-23(11-13)29(26,27)17-6-4-16(5-7-17)22-28(24,25)19-10-15(20)3-8-18(19)21/h3-8,10,13-14,22H,9,11-12H2,1-2H3/t13-,14-/m0/s1. The molecule has 2 atom stereocenters. The van der Waals surface area contributed by atoms with Gasteiger partial charge in [-0.15, -0.1) is 0 Å². The van der Waals surface area contributed by atoms with Gasteiger partial charge in [-0.25, -0.2) is 16.8 Å². The zero-order chi connectivity index (χ0) is 21.4.